The largest absolute Gasteiger partial charge is 0.340 e. The van der Waals surface area contributed by atoms with Crippen molar-refractivity contribution >= 4 is 22.4 Å². The van der Waals surface area contributed by atoms with Crippen molar-refractivity contribution < 1.29 is 9.32 Å². The second-order valence-electron chi connectivity index (χ2n) is 4.97. The van der Waals surface area contributed by atoms with Crippen LogP contribution in [0.15, 0.2) is 4.52 Å². The van der Waals surface area contributed by atoms with Crippen LogP contribution in [0.1, 0.15) is 35.6 Å². The molecule has 0 bridgehead atoms. The number of hydrogen-bond donors (Lipinski definition) is 1. The van der Waals surface area contributed by atoms with Crippen LogP contribution in [0, 0.1) is 13.8 Å². The van der Waals surface area contributed by atoms with Gasteiger partial charge in [-0.1, -0.05) is 16.5 Å². The molecular weight excluding hydrogens is 292 g/mol. The third-order valence-corrected chi connectivity index (χ3v) is 4.08. The minimum Gasteiger partial charge on any atom is -0.340 e. The first-order valence-corrected chi connectivity index (χ1v) is 7.57. The first-order chi connectivity index (χ1) is 10.1. The van der Waals surface area contributed by atoms with E-state index in [1.165, 1.54) is 11.3 Å². The first-order valence-electron chi connectivity index (χ1n) is 6.76. The molecule has 0 spiro atoms. The van der Waals surface area contributed by atoms with Crippen LogP contribution in [0.4, 0.5) is 5.13 Å². The molecule has 2 aromatic heterocycles. The Bertz CT molecular complexity index is 639. The number of carbonyl (C=O) groups is 1. The van der Waals surface area contributed by atoms with Crippen molar-refractivity contribution in [1.82, 2.24) is 25.2 Å². The van der Waals surface area contributed by atoms with E-state index in [2.05, 4.69) is 30.6 Å². The molecule has 3 heterocycles. The van der Waals surface area contributed by atoms with E-state index in [-0.39, 0.29) is 18.5 Å². The third-order valence-electron chi connectivity index (χ3n) is 3.32. The maximum Gasteiger partial charge on any atom is 0.240 e. The molecule has 21 heavy (non-hydrogen) atoms. The van der Waals surface area contributed by atoms with Gasteiger partial charge in [-0.25, -0.2) is 0 Å². The maximum absolute atomic E-state index is 12.1. The van der Waals surface area contributed by atoms with Crippen molar-refractivity contribution in [2.45, 2.75) is 32.7 Å². The predicted molar refractivity (Wildman–Crippen MR) is 75.9 cm³/mol. The van der Waals surface area contributed by atoms with E-state index in [0.29, 0.717) is 16.8 Å². The summed E-state index contributed by atoms with van der Waals surface area (Å²) in [6.45, 7) is 4.75. The molecule has 1 N–H and O–H groups in total. The van der Waals surface area contributed by atoms with Crippen molar-refractivity contribution in [1.29, 1.82) is 0 Å². The maximum atomic E-state index is 12.1. The van der Waals surface area contributed by atoms with Gasteiger partial charge in [-0.2, -0.15) is 4.98 Å². The lowest BCUT2D eigenvalue weighted by Crippen LogP contribution is -2.33. The molecule has 112 valence electrons. The second-order valence-corrected chi connectivity index (χ2v) is 6.16. The van der Waals surface area contributed by atoms with Crippen LogP contribution in [0.2, 0.25) is 0 Å². The molecule has 1 saturated heterocycles. The van der Waals surface area contributed by atoms with Crippen molar-refractivity contribution in [3.05, 3.63) is 16.7 Å². The number of rotatable bonds is 4. The van der Waals surface area contributed by atoms with Gasteiger partial charge in [-0.3, -0.25) is 15.0 Å². The topological polar surface area (TPSA) is 97.0 Å². The van der Waals surface area contributed by atoms with E-state index in [1.807, 2.05) is 6.92 Å². The molecule has 1 aliphatic rings. The minimum absolute atomic E-state index is 0.0457. The van der Waals surface area contributed by atoms with Crippen LogP contribution in [-0.2, 0) is 4.79 Å². The van der Waals surface area contributed by atoms with E-state index >= 15 is 0 Å². The Balaban J connectivity index is 1.62. The van der Waals surface area contributed by atoms with Gasteiger partial charge >= 0.3 is 0 Å². The molecule has 0 aliphatic carbocycles. The average molecular weight is 308 g/mol. The summed E-state index contributed by atoms with van der Waals surface area (Å²) in [7, 11) is 0. The summed E-state index contributed by atoms with van der Waals surface area (Å²) in [5.74, 6) is 1.11. The molecule has 0 unspecified atom stereocenters. The highest BCUT2D eigenvalue weighted by Gasteiger charge is 2.31. The molecule has 1 aliphatic heterocycles. The van der Waals surface area contributed by atoms with Gasteiger partial charge in [0.25, 0.3) is 0 Å². The minimum atomic E-state index is -0.0988. The van der Waals surface area contributed by atoms with E-state index in [0.717, 1.165) is 24.4 Å². The van der Waals surface area contributed by atoms with E-state index in [1.54, 1.807) is 6.92 Å². The van der Waals surface area contributed by atoms with Gasteiger partial charge in [0.15, 0.2) is 5.82 Å². The van der Waals surface area contributed by atoms with Crippen LogP contribution in [0.3, 0.4) is 0 Å². The molecular formula is C12H16N6O2S. The molecule has 9 heteroatoms. The Hall–Kier alpha value is -1.87. The van der Waals surface area contributed by atoms with Crippen molar-refractivity contribution in [3.8, 4) is 0 Å². The van der Waals surface area contributed by atoms with Crippen LogP contribution in [0.5, 0.6) is 0 Å². The third kappa shape index (κ3) is 3.24. The molecule has 8 nitrogen and oxygen atoms in total. The summed E-state index contributed by atoms with van der Waals surface area (Å²) in [6, 6.07) is 0.0457. The van der Waals surface area contributed by atoms with Gasteiger partial charge in [-0.15, -0.1) is 10.2 Å². The SMILES string of the molecule is Cc1nc([C@H]2CCCN2CC(=O)Nc2nnc(C)s2)no1. The van der Waals surface area contributed by atoms with Crippen molar-refractivity contribution in [2.75, 3.05) is 18.4 Å². The smallest absolute Gasteiger partial charge is 0.240 e. The van der Waals surface area contributed by atoms with Crippen molar-refractivity contribution in [3.63, 3.8) is 0 Å². The highest BCUT2D eigenvalue weighted by molar-refractivity contribution is 7.15. The van der Waals surface area contributed by atoms with Gasteiger partial charge in [0, 0.05) is 6.92 Å². The summed E-state index contributed by atoms with van der Waals surface area (Å²) in [5, 5.41) is 15.9. The molecule has 0 saturated carbocycles. The van der Waals surface area contributed by atoms with Crippen LogP contribution in [-0.4, -0.2) is 44.2 Å². The lowest BCUT2D eigenvalue weighted by Gasteiger charge is -2.20. The number of hydrogen-bond acceptors (Lipinski definition) is 8. The molecule has 1 amide bonds. The summed E-state index contributed by atoms with van der Waals surface area (Å²) in [5.41, 5.74) is 0. The Kier molecular flexibility index (Phi) is 3.93. The highest BCUT2D eigenvalue weighted by atomic mass is 32.1. The number of aromatic nitrogens is 4. The molecule has 1 fully saturated rings. The number of aryl methyl sites for hydroxylation is 2. The zero-order valence-corrected chi connectivity index (χ0v) is 12.7. The fourth-order valence-electron chi connectivity index (χ4n) is 2.45. The van der Waals surface area contributed by atoms with Gasteiger partial charge < -0.3 is 4.52 Å². The van der Waals surface area contributed by atoms with Gasteiger partial charge in [0.2, 0.25) is 16.9 Å². The highest BCUT2D eigenvalue weighted by Crippen LogP contribution is 2.29. The summed E-state index contributed by atoms with van der Waals surface area (Å²) < 4.78 is 5.02. The fraction of sp³-hybridized carbons (Fsp3) is 0.583. The Morgan fingerprint density at radius 1 is 1.48 bits per heavy atom. The zero-order valence-electron chi connectivity index (χ0n) is 11.9. The summed E-state index contributed by atoms with van der Waals surface area (Å²) in [6.07, 6.45) is 1.95. The average Bonchev–Trinajstić information content (AvgIpc) is 3.12. The zero-order chi connectivity index (χ0) is 14.8. The summed E-state index contributed by atoms with van der Waals surface area (Å²) in [4.78, 5) is 18.4. The number of amides is 1. The molecule has 0 aromatic carbocycles. The Labute approximate surface area is 125 Å². The van der Waals surface area contributed by atoms with Crippen LogP contribution >= 0.6 is 11.3 Å². The van der Waals surface area contributed by atoms with Crippen molar-refractivity contribution in [2.24, 2.45) is 0 Å². The van der Waals surface area contributed by atoms with Crippen LogP contribution in [0.25, 0.3) is 0 Å². The number of nitrogens with one attached hydrogen (secondary N) is 1. The van der Waals surface area contributed by atoms with Gasteiger partial charge in [0.1, 0.15) is 5.01 Å². The second kappa shape index (κ2) is 5.86. The standard InChI is InChI=1S/C12H16N6O2S/c1-7-13-11(17-20-7)9-4-3-5-18(9)6-10(19)14-12-16-15-8(2)21-12/h9H,3-6H2,1-2H3,(H,14,16,19)/t9-/m1/s1. The lowest BCUT2D eigenvalue weighted by atomic mass is 10.2. The number of anilines is 1. The van der Waals surface area contributed by atoms with E-state index < -0.39 is 0 Å². The molecule has 3 rings (SSSR count). The van der Waals surface area contributed by atoms with E-state index in [9.17, 15) is 4.79 Å². The number of likely N-dealkylation sites (tertiary alicyclic amines) is 1. The first kappa shape index (κ1) is 14.1. The fourth-order valence-corrected chi connectivity index (χ4v) is 3.06. The molecule has 0 radical (unpaired) electrons. The Morgan fingerprint density at radius 2 is 2.33 bits per heavy atom. The normalized spacial score (nSPS) is 19.0. The Morgan fingerprint density at radius 3 is 3.00 bits per heavy atom. The quantitative estimate of drug-likeness (QED) is 0.909. The molecule has 1 atom stereocenters. The lowest BCUT2D eigenvalue weighted by molar-refractivity contribution is -0.117. The predicted octanol–water partition coefficient (Wildman–Crippen LogP) is 1.31. The van der Waals surface area contributed by atoms with Crippen LogP contribution < -0.4 is 5.32 Å². The van der Waals surface area contributed by atoms with Gasteiger partial charge in [-0.05, 0) is 26.3 Å². The van der Waals surface area contributed by atoms with E-state index in [4.69, 9.17) is 4.52 Å². The summed E-state index contributed by atoms with van der Waals surface area (Å²) >= 11 is 1.36. The monoisotopic (exact) mass is 308 g/mol. The number of nitrogens with zero attached hydrogens (tertiary/aromatic N) is 5. The molecule has 2 aromatic rings. The number of carbonyl (C=O) groups excluding carboxylic acids is 1. The van der Waals surface area contributed by atoms with Gasteiger partial charge in [0.05, 0.1) is 12.6 Å².